The monoisotopic (exact) mass is 385 g/mol. The zero-order valence-electron chi connectivity index (χ0n) is 16.4. The third-order valence-corrected chi connectivity index (χ3v) is 4.89. The van der Waals surface area contributed by atoms with Gasteiger partial charge in [-0.05, 0) is 26.3 Å². The average molecular weight is 385 g/mol. The molecule has 2 N–H and O–H groups in total. The molecule has 7 heteroatoms. The van der Waals surface area contributed by atoms with Gasteiger partial charge in [-0.3, -0.25) is 14.9 Å². The number of carbonyl (C=O) groups is 3. The Morgan fingerprint density at radius 1 is 1.18 bits per heavy atom. The van der Waals surface area contributed by atoms with E-state index in [1.807, 2.05) is 12.1 Å². The second-order valence-electron chi connectivity index (χ2n) is 6.93. The first kappa shape index (κ1) is 19.8. The van der Waals surface area contributed by atoms with E-state index in [4.69, 9.17) is 9.15 Å². The van der Waals surface area contributed by atoms with E-state index >= 15 is 0 Å². The van der Waals surface area contributed by atoms with Gasteiger partial charge in [0.1, 0.15) is 17.9 Å². The molecule has 1 aromatic carbocycles. The Labute approximate surface area is 163 Å². The number of amides is 1. The number of hydrogen-bond acceptors (Lipinski definition) is 5. The van der Waals surface area contributed by atoms with Gasteiger partial charge in [0.2, 0.25) is 5.88 Å². The van der Waals surface area contributed by atoms with Gasteiger partial charge in [-0.25, -0.2) is 4.79 Å². The molecule has 0 saturated heterocycles. The number of anilines is 1. The predicted octanol–water partition coefficient (Wildman–Crippen LogP) is 1.55. The maximum absolute atomic E-state index is 12.6. The van der Waals surface area contributed by atoms with Crippen molar-refractivity contribution in [2.45, 2.75) is 33.7 Å². The van der Waals surface area contributed by atoms with Crippen molar-refractivity contribution in [2.24, 2.45) is 0 Å². The molecule has 0 aliphatic carbocycles. The minimum absolute atomic E-state index is 0.0146. The molecule has 7 nitrogen and oxygen atoms in total. The van der Waals surface area contributed by atoms with E-state index in [9.17, 15) is 14.4 Å². The molecule has 2 aromatic rings. The van der Waals surface area contributed by atoms with Gasteiger partial charge < -0.3 is 14.1 Å². The number of ketones is 1. The number of fused-ring (bicyclic) bond motifs is 1. The standard InChI is InChI=1S/C21H24N2O5/c1-4-27-21(26)19-18(13(2)24)14(3)28-20(19)22-17(25)12-23-10-9-15-7-5-6-8-16(15)11-23/h5-8H,4,9-12H2,1-3H3,(H,22,25)/p+1. The van der Waals surface area contributed by atoms with Crippen LogP contribution >= 0.6 is 0 Å². The van der Waals surface area contributed by atoms with E-state index in [0.29, 0.717) is 0 Å². The lowest BCUT2D eigenvalue weighted by molar-refractivity contribution is -0.907. The Morgan fingerprint density at radius 2 is 1.89 bits per heavy atom. The molecule has 28 heavy (non-hydrogen) atoms. The van der Waals surface area contributed by atoms with E-state index in [1.165, 1.54) is 18.1 Å². The molecule has 1 amide bonds. The first-order valence-corrected chi connectivity index (χ1v) is 9.42. The molecular weight excluding hydrogens is 360 g/mol. The lowest BCUT2D eigenvalue weighted by Gasteiger charge is -2.25. The Balaban J connectivity index is 1.74. The van der Waals surface area contributed by atoms with E-state index < -0.39 is 5.97 Å². The third kappa shape index (κ3) is 4.14. The van der Waals surface area contributed by atoms with E-state index in [-0.39, 0.29) is 47.6 Å². The summed E-state index contributed by atoms with van der Waals surface area (Å²) < 4.78 is 10.6. The van der Waals surface area contributed by atoms with Crippen molar-refractivity contribution in [3.63, 3.8) is 0 Å². The number of quaternary nitrogens is 1. The fraction of sp³-hybridized carbons (Fsp3) is 0.381. The van der Waals surface area contributed by atoms with Crippen molar-refractivity contribution in [3.8, 4) is 0 Å². The van der Waals surface area contributed by atoms with E-state index in [0.717, 1.165) is 24.4 Å². The first-order valence-electron chi connectivity index (χ1n) is 9.42. The van der Waals surface area contributed by atoms with Crippen LogP contribution in [0, 0.1) is 6.92 Å². The smallest absolute Gasteiger partial charge is 0.344 e. The molecule has 1 aromatic heterocycles. The molecule has 1 unspecified atom stereocenters. The Bertz CT molecular complexity index is 916. The highest BCUT2D eigenvalue weighted by Gasteiger charge is 2.30. The minimum atomic E-state index is -0.681. The lowest BCUT2D eigenvalue weighted by Crippen LogP contribution is -3.12. The maximum atomic E-state index is 12.6. The summed E-state index contributed by atoms with van der Waals surface area (Å²) in [4.78, 5) is 38.0. The molecule has 1 atom stereocenters. The summed E-state index contributed by atoms with van der Waals surface area (Å²) in [6.45, 7) is 6.63. The van der Waals surface area contributed by atoms with Crippen molar-refractivity contribution < 1.29 is 28.4 Å². The molecule has 3 rings (SSSR count). The number of nitrogens with one attached hydrogen (secondary N) is 2. The number of rotatable bonds is 6. The van der Waals surface area contributed by atoms with Gasteiger partial charge in [-0.2, -0.15) is 0 Å². The number of aryl methyl sites for hydroxylation is 1. The van der Waals surface area contributed by atoms with Crippen LogP contribution in [0.25, 0.3) is 0 Å². The summed E-state index contributed by atoms with van der Waals surface area (Å²) in [5, 5.41) is 2.66. The second kappa shape index (κ2) is 8.39. The zero-order chi connectivity index (χ0) is 20.3. The summed E-state index contributed by atoms with van der Waals surface area (Å²) in [5.74, 6) is -1.01. The fourth-order valence-electron chi connectivity index (χ4n) is 3.65. The van der Waals surface area contributed by atoms with Crippen LogP contribution in [-0.4, -0.2) is 37.4 Å². The highest BCUT2D eigenvalue weighted by Crippen LogP contribution is 2.28. The number of hydrogen-bond donors (Lipinski definition) is 2. The number of esters is 1. The van der Waals surface area contributed by atoms with Gasteiger partial charge in [0.25, 0.3) is 5.91 Å². The van der Waals surface area contributed by atoms with Crippen molar-refractivity contribution in [1.82, 2.24) is 0 Å². The van der Waals surface area contributed by atoms with Crippen LogP contribution in [0.3, 0.4) is 0 Å². The van der Waals surface area contributed by atoms with E-state index in [2.05, 4.69) is 17.4 Å². The van der Waals surface area contributed by atoms with E-state index in [1.54, 1.807) is 13.8 Å². The topological polar surface area (TPSA) is 90.0 Å². The van der Waals surface area contributed by atoms with Gasteiger partial charge in [0.15, 0.2) is 12.3 Å². The number of Topliss-reactive ketones (excluding diaryl/α,β-unsaturated/α-hetero) is 1. The van der Waals surface area contributed by atoms with Gasteiger partial charge in [-0.1, -0.05) is 24.3 Å². The summed E-state index contributed by atoms with van der Waals surface area (Å²) in [6.07, 6.45) is 0.918. The van der Waals surface area contributed by atoms with Gasteiger partial charge >= 0.3 is 5.97 Å². The highest BCUT2D eigenvalue weighted by molar-refractivity contribution is 6.10. The normalized spacial score (nSPS) is 15.6. The largest absolute Gasteiger partial charge is 0.462 e. The molecule has 148 valence electrons. The zero-order valence-corrected chi connectivity index (χ0v) is 16.4. The molecule has 0 fully saturated rings. The Morgan fingerprint density at radius 3 is 2.57 bits per heavy atom. The molecule has 2 heterocycles. The number of furan rings is 1. The third-order valence-electron chi connectivity index (χ3n) is 4.89. The number of benzene rings is 1. The minimum Gasteiger partial charge on any atom is -0.462 e. The quantitative estimate of drug-likeness (QED) is 0.582. The summed E-state index contributed by atoms with van der Waals surface area (Å²) in [7, 11) is 0. The van der Waals surface area contributed by atoms with Crippen molar-refractivity contribution >= 4 is 23.5 Å². The van der Waals surface area contributed by atoms with Crippen LogP contribution in [0.4, 0.5) is 5.88 Å². The Hall–Kier alpha value is -2.93. The molecule has 1 aliphatic rings. The van der Waals surface area contributed by atoms with Crippen LogP contribution < -0.4 is 10.2 Å². The summed E-state index contributed by atoms with van der Waals surface area (Å²) >= 11 is 0. The average Bonchev–Trinajstić information content (AvgIpc) is 2.97. The molecular formula is C21H25N2O5+. The number of ether oxygens (including phenoxy) is 1. The Kier molecular flexibility index (Phi) is 5.94. The molecule has 0 bridgehead atoms. The van der Waals surface area contributed by atoms with Crippen LogP contribution in [0.1, 0.15) is 51.5 Å². The van der Waals surface area contributed by atoms with Crippen LogP contribution in [-0.2, 0) is 22.5 Å². The molecule has 1 aliphatic heterocycles. The van der Waals surface area contributed by atoms with Crippen LogP contribution in [0.5, 0.6) is 0 Å². The van der Waals surface area contributed by atoms with Crippen molar-refractivity contribution in [3.05, 3.63) is 52.3 Å². The predicted molar refractivity (Wildman–Crippen MR) is 103 cm³/mol. The SMILES string of the molecule is CCOC(=O)c1c(NC(=O)C[NH+]2CCc3ccccc3C2)oc(C)c1C(C)=O. The van der Waals surface area contributed by atoms with Crippen LogP contribution in [0.2, 0.25) is 0 Å². The van der Waals surface area contributed by atoms with Gasteiger partial charge in [0.05, 0.1) is 18.7 Å². The second-order valence-corrected chi connectivity index (χ2v) is 6.93. The van der Waals surface area contributed by atoms with Crippen LogP contribution in [0.15, 0.2) is 28.7 Å². The molecule has 0 radical (unpaired) electrons. The van der Waals surface area contributed by atoms with Crippen molar-refractivity contribution in [2.75, 3.05) is 25.0 Å². The first-order chi connectivity index (χ1) is 13.4. The molecule has 0 saturated carbocycles. The summed E-state index contributed by atoms with van der Waals surface area (Å²) in [5.41, 5.74) is 2.70. The maximum Gasteiger partial charge on any atom is 0.344 e. The summed E-state index contributed by atoms with van der Waals surface area (Å²) in [6, 6.07) is 8.23. The lowest BCUT2D eigenvalue weighted by atomic mass is 10.00. The van der Waals surface area contributed by atoms with Gasteiger partial charge in [0, 0.05) is 12.0 Å². The van der Waals surface area contributed by atoms with Crippen molar-refractivity contribution in [1.29, 1.82) is 0 Å². The fourth-order valence-corrected chi connectivity index (χ4v) is 3.65. The highest BCUT2D eigenvalue weighted by atomic mass is 16.5. The van der Waals surface area contributed by atoms with Gasteiger partial charge in [-0.15, -0.1) is 0 Å². The number of carbonyl (C=O) groups excluding carboxylic acids is 3. The molecule has 0 spiro atoms.